The Bertz CT molecular complexity index is 672. The number of urea groups is 1. The van der Waals surface area contributed by atoms with Crippen LogP contribution in [0.15, 0.2) is 30.3 Å². The molecule has 0 bridgehead atoms. The summed E-state index contributed by atoms with van der Waals surface area (Å²) >= 11 is 0. The zero-order chi connectivity index (χ0) is 21.8. The number of anilines is 1. The molecular weight excluding hydrogens is 382 g/mol. The first kappa shape index (κ1) is 23.7. The SMILES string of the molecule is CCCC[C@@H](CC)CNC(=O)COC(=O)C1CCN(C(=O)Nc2ccccc2)CC1. The topological polar surface area (TPSA) is 87.7 Å². The number of piperidine rings is 1. The van der Waals surface area contributed by atoms with E-state index in [2.05, 4.69) is 24.5 Å². The number of ether oxygens (including phenoxy) is 1. The summed E-state index contributed by atoms with van der Waals surface area (Å²) in [6.45, 7) is 5.64. The molecule has 1 heterocycles. The van der Waals surface area contributed by atoms with Gasteiger partial charge in [-0.2, -0.15) is 0 Å². The molecule has 0 spiro atoms. The molecule has 7 nitrogen and oxygen atoms in total. The third-order valence-electron chi connectivity index (χ3n) is 5.62. The Hall–Kier alpha value is -2.57. The van der Waals surface area contributed by atoms with Crippen molar-refractivity contribution in [2.45, 2.75) is 52.4 Å². The first-order valence-electron chi connectivity index (χ1n) is 11.1. The van der Waals surface area contributed by atoms with Crippen LogP contribution in [0.25, 0.3) is 0 Å². The molecule has 0 aromatic heterocycles. The third kappa shape index (κ3) is 8.05. The largest absolute Gasteiger partial charge is 0.455 e. The Morgan fingerprint density at radius 3 is 2.47 bits per heavy atom. The van der Waals surface area contributed by atoms with Crippen molar-refractivity contribution in [3.63, 3.8) is 0 Å². The van der Waals surface area contributed by atoms with Crippen molar-refractivity contribution in [2.24, 2.45) is 11.8 Å². The molecule has 1 aliphatic heterocycles. The van der Waals surface area contributed by atoms with Gasteiger partial charge in [0.25, 0.3) is 5.91 Å². The molecular formula is C23H35N3O4. The van der Waals surface area contributed by atoms with E-state index in [0.29, 0.717) is 38.4 Å². The number of nitrogens with zero attached hydrogens (tertiary/aromatic N) is 1. The maximum absolute atomic E-state index is 12.3. The molecule has 2 N–H and O–H groups in total. The van der Waals surface area contributed by atoms with E-state index in [0.717, 1.165) is 31.4 Å². The lowest BCUT2D eigenvalue weighted by Crippen LogP contribution is -2.43. The molecule has 0 radical (unpaired) electrons. The van der Waals surface area contributed by atoms with Gasteiger partial charge in [-0.15, -0.1) is 0 Å². The van der Waals surface area contributed by atoms with E-state index in [1.54, 1.807) is 4.90 Å². The average molecular weight is 418 g/mol. The van der Waals surface area contributed by atoms with Gasteiger partial charge < -0.3 is 20.3 Å². The molecule has 1 saturated heterocycles. The summed E-state index contributed by atoms with van der Waals surface area (Å²) in [6.07, 6.45) is 5.51. The van der Waals surface area contributed by atoms with Crippen LogP contribution in [0, 0.1) is 11.8 Å². The van der Waals surface area contributed by atoms with Gasteiger partial charge in [0.2, 0.25) is 0 Å². The molecule has 0 saturated carbocycles. The van der Waals surface area contributed by atoms with Gasteiger partial charge in [-0.1, -0.05) is 51.3 Å². The van der Waals surface area contributed by atoms with Gasteiger partial charge in [0, 0.05) is 25.3 Å². The molecule has 30 heavy (non-hydrogen) atoms. The fraction of sp³-hybridized carbons (Fsp3) is 0.609. The number of carbonyl (C=O) groups is 3. The normalized spacial score (nSPS) is 15.3. The van der Waals surface area contributed by atoms with Gasteiger partial charge >= 0.3 is 12.0 Å². The van der Waals surface area contributed by atoms with Crippen LogP contribution in [0.5, 0.6) is 0 Å². The quantitative estimate of drug-likeness (QED) is 0.567. The van der Waals surface area contributed by atoms with Crippen molar-refractivity contribution in [3.05, 3.63) is 30.3 Å². The lowest BCUT2D eigenvalue weighted by Gasteiger charge is -2.30. The van der Waals surface area contributed by atoms with Crippen molar-refractivity contribution < 1.29 is 19.1 Å². The highest BCUT2D eigenvalue weighted by molar-refractivity contribution is 5.89. The number of carbonyl (C=O) groups excluding carboxylic acids is 3. The summed E-state index contributed by atoms with van der Waals surface area (Å²) in [4.78, 5) is 38.3. The number of benzene rings is 1. The van der Waals surface area contributed by atoms with Crippen LogP contribution in [-0.4, -0.2) is 49.0 Å². The lowest BCUT2D eigenvalue weighted by molar-refractivity contribution is -0.153. The van der Waals surface area contributed by atoms with Gasteiger partial charge in [0.05, 0.1) is 5.92 Å². The molecule has 1 aromatic carbocycles. The van der Waals surface area contributed by atoms with E-state index in [-0.39, 0.29) is 30.4 Å². The maximum Gasteiger partial charge on any atom is 0.321 e. The van der Waals surface area contributed by atoms with Gasteiger partial charge in [0.1, 0.15) is 0 Å². The van der Waals surface area contributed by atoms with Crippen molar-refractivity contribution in [3.8, 4) is 0 Å². The average Bonchev–Trinajstić information content (AvgIpc) is 2.78. The first-order chi connectivity index (χ1) is 14.5. The molecule has 2 rings (SSSR count). The number of amides is 3. The van der Waals surface area contributed by atoms with E-state index in [1.807, 2.05) is 30.3 Å². The molecule has 1 aliphatic rings. The van der Waals surface area contributed by atoms with E-state index >= 15 is 0 Å². The van der Waals surface area contributed by atoms with Crippen molar-refractivity contribution in [2.75, 3.05) is 31.6 Å². The standard InChI is InChI=1S/C23H35N3O4/c1-3-5-9-18(4-2)16-24-21(27)17-30-22(28)19-12-14-26(15-13-19)23(29)25-20-10-7-6-8-11-20/h6-8,10-11,18-19H,3-5,9,12-17H2,1-2H3,(H,24,27)(H,25,29)/t18-/m1/s1. The molecule has 1 aromatic rings. The predicted molar refractivity (Wildman–Crippen MR) is 117 cm³/mol. The van der Waals surface area contributed by atoms with Crippen LogP contribution in [0.2, 0.25) is 0 Å². The number of hydrogen-bond acceptors (Lipinski definition) is 4. The van der Waals surface area contributed by atoms with Crippen molar-refractivity contribution in [1.29, 1.82) is 0 Å². The third-order valence-corrected chi connectivity index (χ3v) is 5.62. The molecule has 0 unspecified atom stereocenters. The number of esters is 1. The number of unbranched alkanes of at least 4 members (excludes halogenated alkanes) is 1. The summed E-state index contributed by atoms with van der Waals surface area (Å²) in [5.74, 6) is -0.410. The first-order valence-corrected chi connectivity index (χ1v) is 11.1. The van der Waals surface area contributed by atoms with Crippen LogP contribution in [0.4, 0.5) is 10.5 Å². The van der Waals surface area contributed by atoms with Crippen LogP contribution < -0.4 is 10.6 Å². The smallest absolute Gasteiger partial charge is 0.321 e. The predicted octanol–water partition coefficient (Wildman–Crippen LogP) is 3.81. The number of nitrogens with one attached hydrogen (secondary N) is 2. The van der Waals surface area contributed by atoms with Crippen LogP contribution in [-0.2, 0) is 14.3 Å². The van der Waals surface area contributed by atoms with E-state index in [1.165, 1.54) is 0 Å². The molecule has 166 valence electrons. The van der Waals surface area contributed by atoms with Crippen LogP contribution in [0.1, 0.15) is 52.4 Å². The molecule has 7 heteroatoms. The minimum Gasteiger partial charge on any atom is -0.455 e. The monoisotopic (exact) mass is 417 g/mol. The molecule has 0 aliphatic carbocycles. The molecule has 1 atom stereocenters. The zero-order valence-electron chi connectivity index (χ0n) is 18.2. The highest BCUT2D eigenvalue weighted by atomic mass is 16.5. The number of hydrogen-bond donors (Lipinski definition) is 2. The van der Waals surface area contributed by atoms with E-state index < -0.39 is 0 Å². The van der Waals surface area contributed by atoms with Gasteiger partial charge in [-0.3, -0.25) is 9.59 Å². The Morgan fingerprint density at radius 2 is 1.83 bits per heavy atom. The Labute approximate surface area is 179 Å². The van der Waals surface area contributed by atoms with Gasteiger partial charge in [0.15, 0.2) is 6.61 Å². The summed E-state index contributed by atoms with van der Waals surface area (Å²) in [5, 5.41) is 5.72. The Kier molecular flexibility index (Phi) is 10.2. The van der Waals surface area contributed by atoms with Crippen LogP contribution >= 0.6 is 0 Å². The minimum absolute atomic E-state index is 0.166. The minimum atomic E-state index is -0.355. The number of para-hydroxylation sites is 1. The Morgan fingerprint density at radius 1 is 1.13 bits per heavy atom. The molecule has 3 amide bonds. The fourth-order valence-electron chi connectivity index (χ4n) is 3.55. The second-order valence-electron chi connectivity index (χ2n) is 7.89. The summed E-state index contributed by atoms with van der Waals surface area (Å²) in [6, 6.07) is 9.12. The maximum atomic E-state index is 12.3. The lowest BCUT2D eigenvalue weighted by atomic mass is 9.97. The van der Waals surface area contributed by atoms with Crippen molar-refractivity contribution >= 4 is 23.6 Å². The van der Waals surface area contributed by atoms with Gasteiger partial charge in [-0.05, 0) is 37.3 Å². The van der Waals surface area contributed by atoms with Crippen LogP contribution in [0.3, 0.4) is 0 Å². The highest BCUT2D eigenvalue weighted by Crippen LogP contribution is 2.19. The summed E-state index contributed by atoms with van der Waals surface area (Å²) < 4.78 is 5.21. The molecule has 1 fully saturated rings. The van der Waals surface area contributed by atoms with E-state index in [4.69, 9.17) is 4.74 Å². The second kappa shape index (κ2) is 12.9. The highest BCUT2D eigenvalue weighted by Gasteiger charge is 2.28. The zero-order valence-corrected chi connectivity index (χ0v) is 18.2. The second-order valence-corrected chi connectivity index (χ2v) is 7.89. The number of rotatable bonds is 10. The summed E-state index contributed by atoms with van der Waals surface area (Å²) in [7, 11) is 0. The fourth-order valence-corrected chi connectivity index (χ4v) is 3.55. The van der Waals surface area contributed by atoms with Crippen molar-refractivity contribution in [1.82, 2.24) is 10.2 Å². The number of likely N-dealkylation sites (tertiary alicyclic amines) is 1. The van der Waals surface area contributed by atoms with E-state index in [9.17, 15) is 14.4 Å². The Balaban J connectivity index is 1.65. The van der Waals surface area contributed by atoms with Gasteiger partial charge in [-0.25, -0.2) is 4.79 Å². The summed E-state index contributed by atoms with van der Waals surface area (Å²) in [5.41, 5.74) is 0.745.